The molecule has 2 heterocycles. The first kappa shape index (κ1) is 12.8. The summed E-state index contributed by atoms with van der Waals surface area (Å²) in [6.07, 6.45) is 5.63. The minimum Gasteiger partial charge on any atom is -0.478 e. The molecule has 3 aromatic rings. The van der Waals surface area contributed by atoms with Crippen LogP contribution in [0.4, 0.5) is 0 Å². The zero-order valence-corrected chi connectivity index (χ0v) is 11.5. The van der Waals surface area contributed by atoms with Crippen molar-refractivity contribution in [2.24, 2.45) is 0 Å². The van der Waals surface area contributed by atoms with Gasteiger partial charge in [-0.3, -0.25) is 9.78 Å². The number of hydrogen-bond acceptors (Lipinski definition) is 4. The highest BCUT2D eigenvalue weighted by Crippen LogP contribution is 2.25. The maximum Gasteiger partial charge on any atom is 0.338 e. The quantitative estimate of drug-likeness (QED) is 0.742. The fourth-order valence-electron chi connectivity index (χ4n) is 2.85. The van der Waals surface area contributed by atoms with Gasteiger partial charge in [-0.15, -0.1) is 0 Å². The summed E-state index contributed by atoms with van der Waals surface area (Å²) in [4.78, 5) is 30.2. The molecule has 0 saturated heterocycles. The van der Waals surface area contributed by atoms with Gasteiger partial charge in [0.2, 0.25) is 5.95 Å². The SMILES string of the molecule is O=C(O)c1cnn(-c2nc3cc4c(cc3c(=O)[nH]2)CCC4)c1. The second-order valence-electron chi connectivity index (χ2n) is 5.36. The van der Waals surface area contributed by atoms with Crippen molar-refractivity contribution in [3.63, 3.8) is 0 Å². The summed E-state index contributed by atoms with van der Waals surface area (Å²) >= 11 is 0. The first-order valence-corrected chi connectivity index (χ1v) is 6.96. The molecule has 0 atom stereocenters. The number of benzene rings is 1. The average Bonchev–Trinajstić information content (AvgIpc) is 3.14. The van der Waals surface area contributed by atoms with Crippen LogP contribution in [0.15, 0.2) is 29.3 Å². The van der Waals surface area contributed by atoms with E-state index in [-0.39, 0.29) is 17.1 Å². The number of carboxylic acid groups (broad SMARTS) is 1. The molecule has 0 fully saturated rings. The van der Waals surface area contributed by atoms with Crippen LogP contribution in [0.5, 0.6) is 0 Å². The predicted octanol–water partition coefficient (Wildman–Crippen LogP) is 1.30. The second kappa shape index (κ2) is 4.52. The largest absolute Gasteiger partial charge is 0.478 e. The van der Waals surface area contributed by atoms with Crippen LogP contribution in [0.25, 0.3) is 16.9 Å². The zero-order valence-electron chi connectivity index (χ0n) is 11.5. The molecule has 0 saturated carbocycles. The van der Waals surface area contributed by atoms with Crippen LogP contribution in [0, 0.1) is 0 Å². The third-order valence-corrected chi connectivity index (χ3v) is 3.95. The molecule has 0 spiro atoms. The van der Waals surface area contributed by atoms with Crippen LogP contribution in [0.3, 0.4) is 0 Å². The molecule has 7 nitrogen and oxygen atoms in total. The number of aromatic amines is 1. The summed E-state index contributed by atoms with van der Waals surface area (Å²) in [5, 5.41) is 13.4. The van der Waals surface area contributed by atoms with Crippen molar-refractivity contribution in [2.75, 3.05) is 0 Å². The number of aryl methyl sites for hydroxylation is 2. The smallest absolute Gasteiger partial charge is 0.338 e. The van der Waals surface area contributed by atoms with Crippen LogP contribution < -0.4 is 5.56 Å². The van der Waals surface area contributed by atoms with Crippen molar-refractivity contribution in [3.05, 3.63) is 51.6 Å². The summed E-state index contributed by atoms with van der Waals surface area (Å²) in [5.41, 5.74) is 2.83. The van der Waals surface area contributed by atoms with E-state index in [1.807, 2.05) is 12.1 Å². The number of nitrogens with one attached hydrogen (secondary N) is 1. The average molecular weight is 296 g/mol. The highest BCUT2D eigenvalue weighted by Gasteiger charge is 2.15. The van der Waals surface area contributed by atoms with Gasteiger partial charge in [0, 0.05) is 6.20 Å². The Labute approximate surface area is 124 Å². The van der Waals surface area contributed by atoms with E-state index in [1.165, 1.54) is 28.2 Å². The van der Waals surface area contributed by atoms with Crippen LogP contribution in [0.1, 0.15) is 27.9 Å². The Hall–Kier alpha value is -2.96. The maximum atomic E-state index is 12.3. The first-order valence-electron chi connectivity index (χ1n) is 6.96. The molecule has 22 heavy (non-hydrogen) atoms. The molecule has 0 amide bonds. The van der Waals surface area contributed by atoms with E-state index in [2.05, 4.69) is 15.1 Å². The van der Waals surface area contributed by atoms with E-state index in [0.717, 1.165) is 19.3 Å². The standard InChI is InChI=1S/C15H12N4O3/c20-13-11-4-8-2-1-3-9(8)5-12(11)17-15(18-13)19-7-10(6-16-19)14(21)22/h4-7H,1-3H2,(H,21,22)(H,17,18,20). The molecular weight excluding hydrogens is 284 g/mol. The van der Waals surface area contributed by atoms with Gasteiger partial charge in [-0.2, -0.15) is 5.10 Å². The van der Waals surface area contributed by atoms with Gasteiger partial charge in [-0.05, 0) is 42.5 Å². The number of aromatic nitrogens is 4. The van der Waals surface area contributed by atoms with Crippen molar-refractivity contribution in [1.82, 2.24) is 19.7 Å². The number of hydrogen-bond donors (Lipinski definition) is 2. The number of aromatic carboxylic acids is 1. The fourth-order valence-corrected chi connectivity index (χ4v) is 2.85. The molecule has 0 aliphatic heterocycles. The lowest BCUT2D eigenvalue weighted by Crippen LogP contribution is -2.14. The number of rotatable bonds is 2. The normalized spacial score (nSPS) is 13.5. The van der Waals surface area contributed by atoms with E-state index in [4.69, 9.17) is 5.11 Å². The van der Waals surface area contributed by atoms with Crippen molar-refractivity contribution >= 4 is 16.9 Å². The topological polar surface area (TPSA) is 101 Å². The maximum absolute atomic E-state index is 12.3. The number of fused-ring (bicyclic) bond motifs is 2. The van der Waals surface area contributed by atoms with Gasteiger partial charge in [0.25, 0.3) is 5.56 Å². The van der Waals surface area contributed by atoms with Gasteiger partial charge in [0.1, 0.15) is 0 Å². The van der Waals surface area contributed by atoms with Crippen molar-refractivity contribution < 1.29 is 9.90 Å². The summed E-state index contributed by atoms with van der Waals surface area (Å²) < 4.78 is 1.26. The molecule has 4 rings (SSSR count). The van der Waals surface area contributed by atoms with Crippen molar-refractivity contribution in [3.8, 4) is 5.95 Å². The Morgan fingerprint density at radius 1 is 1.27 bits per heavy atom. The molecule has 7 heteroatoms. The van der Waals surface area contributed by atoms with Gasteiger partial charge in [0.05, 0.1) is 22.7 Å². The minimum atomic E-state index is -1.08. The number of carbonyl (C=O) groups is 1. The highest BCUT2D eigenvalue weighted by atomic mass is 16.4. The van der Waals surface area contributed by atoms with Gasteiger partial charge in [0.15, 0.2) is 0 Å². The van der Waals surface area contributed by atoms with Crippen LogP contribution in [-0.4, -0.2) is 30.8 Å². The van der Waals surface area contributed by atoms with Crippen LogP contribution in [-0.2, 0) is 12.8 Å². The molecule has 0 bridgehead atoms. The Morgan fingerprint density at radius 3 is 2.77 bits per heavy atom. The van der Waals surface area contributed by atoms with E-state index in [9.17, 15) is 9.59 Å². The van der Waals surface area contributed by atoms with E-state index in [1.54, 1.807) is 0 Å². The summed E-state index contributed by atoms with van der Waals surface area (Å²) in [6, 6.07) is 3.84. The van der Waals surface area contributed by atoms with E-state index < -0.39 is 5.97 Å². The van der Waals surface area contributed by atoms with Crippen molar-refractivity contribution in [1.29, 1.82) is 0 Å². The van der Waals surface area contributed by atoms with E-state index in [0.29, 0.717) is 10.9 Å². The first-order chi connectivity index (χ1) is 10.6. The van der Waals surface area contributed by atoms with Crippen molar-refractivity contribution in [2.45, 2.75) is 19.3 Å². The fraction of sp³-hybridized carbons (Fsp3) is 0.200. The van der Waals surface area contributed by atoms with E-state index >= 15 is 0 Å². The molecule has 110 valence electrons. The van der Waals surface area contributed by atoms with Gasteiger partial charge >= 0.3 is 5.97 Å². The number of H-pyrrole nitrogens is 1. The highest BCUT2D eigenvalue weighted by molar-refractivity contribution is 5.87. The Balaban J connectivity index is 1.90. The Morgan fingerprint density at radius 2 is 2.05 bits per heavy atom. The molecule has 1 aliphatic carbocycles. The van der Waals surface area contributed by atoms with Gasteiger partial charge in [-0.25, -0.2) is 14.5 Å². The lowest BCUT2D eigenvalue weighted by atomic mass is 10.1. The lowest BCUT2D eigenvalue weighted by Gasteiger charge is -2.05. The molecule has 0 radical (unpaired) electrons. The summed E-state index contributed by atoms with van der Waals surface area (Å²) in [7, 11) is 0. The number of carboxylic acids is 1. The third kappa shape index (κ3) is 1.90. The molecular formula is C15H12N4O3. The third-order valence-electron chi connectivity index (χ3n) is 3.95. The minimum absolute atomic E-state index is 0.0386. The molecule has 2 N–H and O–H groups in total. The summed E-state index contributed by atoms with van der Waals surface area (Å²) in [6.45, 7) is 0. The monoisotopic (exact) mass is 296 g/mol. The molecule has 1 aliphatic rings. The second-order valence-corrected chi connectivity index (χ2v) is 5.36. The Bertz CT molecular complexity index is 971. The molecule has 1 aromatic carbocycles. The molecule has 2 aromatic heterocycles. The van der Waals surface area contributed by atoms with Gasteiger partial charge < -0.3 is 5.11 Å². The van der Waals surface area contributed by atoms with Crippen LogP contribution in [0.2, 0.25) is 0 Å². The van der Waals surface area contributed by atoms with Gasteiger partial charge in [-0.1, -0.05) is 0 Å². The molecule has 0 unspecified atom stereocenters. The lowest BCUT2D eigenvalue weighted by molar-refractivity contribution is 0.0697. The Kier molecular flexibility index (Phi) is 2.62. The summed E-state index contributed by atoms with van der Waals surface area (Å²) in [5.74, 6) is -0.866. The predicted molar refractivity (Wildman–Crippen MR) is 78.5 cm³/mol. The van der Waals surface area contributed by atoms with Crippen LogP contribution >= 0.6 is 0 Å². The number of nitrogens with zero attached hydrogens (tertiary/aromatic N) is 3. The zero-order chi connectivity index (χ0) is 15.3.